The molecule has 1 spiro atoms. The topological polar surface area (TPSA) is 52.6 Å². The average molecular weight is 554 g/mol. The molecule has 1 heterocycles. The van der Waals surface area contributed by atoms with Gasteiger partial charge < -0.3 is 9.47 Å². The smallest absolute Gasteiger partial charge is 0.322 e. The lowest BCUT2D eigenvalue weighted by Gasteiger charge is -2.31. The SMILES string of the molecule is COC(=O)[C@H]1C(=O)OC23c4ccccc4[C@H](c4ccc(Br)cc4)[C@H]2c2ccc(Br)cc2[C@H]13. The largest absolute Gasteiger partial charge is 0.468 e. The molecular formula is C26H18Br2O4. The second kappa shape index (κ2) is 7.03. The summed E-state index contributed by atoms with van der Waals surface area (Å²) in [6.45, 7) is 0. The van der Waals surface area contributed by atoms with Crippen LogP contribution in [0.2, 0.25) is 0 Å². The Labute approximate surface area is 202 Å². The highest BCUT2D eigenvalue weighted by Crippen LogP contribution is 2.72. The van der Waals surface area contributed by atoms with E-state index in [4.69, 9.17) is 9.47 Å². The van der Waals surface area contributed by atoms with Crippen LogP contribution in [0.4, 0.5) is 0 Å². The van der Waals surface area contributed by atoms with Crippen molar-refractivity contribution in [2.24, 2.45) is 5.92 Å². The number of methoxy groups -OCH3 is 1. The molecule has 2 aliphatic carbocycles. The second-order valence-corrected chi connectivity index (χ2v) is 10.4. The van der Waals surface area contributed by atoms with E-state index in [2.05, 4.69) is 56.1 Å². The van der Waals surface area contributed by atoms with Crippen LogP contribution in [0.15, 0.2) is 75.7 Å². The number of halogens is 2. The van der Waals surface area contributed by atoms with E-state index in [1.54, 1.807) is 0 Å². The van der Waals surface area contributed by atoms with Gasteiger partial charge in [-0.05, 0) is 46.5 Å². The Balaban J connectivity index is 1.67. The van der Waals surface area contributed by atoms with Gasteiger partial charge >= 0.3 is 11.9 Å². The molecule has 0 amide bonds. The summed E-state index contributed by atoms with van der Waals surface area (Å²) in [7, 11) is 1.32. The summed E-state index contributed by atoms with van der Waals surface area (Å²) in [6, 6.07) is 22.6. The molecule has 1 saturated heterocycles. The number of carbonyl (C=O) groups is 2. The molecule has 1 fully saturated rings. The third kappa shape index (κ3) is 2.48. The first kappa shape index (κ1) is 20.2. The zero-order valence-electron chi connectivity index (χ0n) is 17.0. The van der Waals surface area contributed by atoms with Gasteiger partial charge in [0.2, 0.25) is 0 Å². The van der Waals surface area contributed by atoms with Crippen molar-refractivity contribution in [3.8, 4) is 0 Å². The third-order valence-electron chi connectivity index (χ3n) is 7.23. The summed E-state index contributed by atoms with van der Waals surface area (Å²) < 4.78 is 13.3. The molecule has 6 rings (SSSR count). The molecule has 160 valence electrons. The fourth-order valence-corrected chi connectivity index (χ4v) is 6.84. The fraction of sp³-hybridized carbons (Fsp3) is 0.231. The van der Waals surface area contributed by atoms with Gasteiger partial charge in [-0.15, -0.1) is 0 Å². The molecule has 32 heavy (non-hydrogen) atoms. The summed E-state index contributed by atoms with van der Waals surface area (Å²) >= 11 is 7.11. The van der Waals surface area contributed by atoms with Gasteiger partial charge in [-0.3, -0.25) is 9.59 Å². The molecule has 3 aromatic rings. The van der Waals surface area contributed by atoms with Crippen LogP contribution in [0.5, 0.6) is 0 Å². The Morgan fingerprint density at radius 2 is 1.62 bits per heavy atom. The normalized spacial score (nSPS) is 29.0. The first-order valence-corrected chi connectivity index (χ1v) is 12.0. The number of ether oxygens (including phenoxy) is 2. The number of hydrogen-bond donors (Lipinski definition) is 0. The van der Waals surface area contributed by atoms with Crippen molar-refractivity contribution in [3.05, 3.63) is 103 Å². The average Bonchev–Trinajstić information content (AvgIpc) is 3.35. The Morgan fingerprint density at radius 3 is 2.38 bits per heavy atom. The molecule has 5 atom stereocenters. The highest BCUT2D eigenvalue weighted by atomic mass is 79.9. The highest BCUT2D eigenvalue weighted by molar-refractivity contribution is 9.10. The maximum atomic E-state index is 13.2. The summed E-state index contributed by atoms with van der Waals surface area (Å²) in [5.41, 5.74) is 4.42. The summed E-state index contributed by atoms with van der Waals surface area (Å²) in [5, 5.41) is 0. The Bertz CT molecular complexity index is 1290. The van der Waals surface area contributed by atoms with Gasteiger partial charge in [0.15, 0.2) is 11.5 Å². The van der Waals surface area contributed by atoms with E-state index in [1.165, 1.54) is 7.11 Å². The summed E-state index contributed by atoms with van der Waals surface area (Å²) in [4.78, 5) is 26.0. The molecule has 0 saturated carbocycles. The highest BCUT2D eigenvalue weighted by Gasteiger charge is 2.72. The predicted octanol–water partition coefficient (Wildman–Crippen LogP) is 5.78. The van der Waals surface area contributed by atoms with E-state index >= 15 is 0 Å². The molecule has 6 heteroatoms. The summed E-state index contributed by atoms with van der Waals surface area (Å²) in [5.74, 6) is -2.63. The second-order valence-electron chi connectivity index (χ2n) is 8.56. The zero-order valence-corrected chi connectivity index (χ0v) is 20.2. The molecule has 0 bridgehead atoms. The number of rotatable bonds is 2. The van der Waals surface area contributed by atoms with Gasteiger partial charge in [0.05, 0.1) is 13.0 Å². The van der Waals surface area contributed by atoms with E-state index in [9.17, 15) is 9.59 Å². The van der Waals surface area contributed by atoms with E-state index < -0.39 is 29.4 Å². The van der Waals surface area contributed by atoms with Gasteiger partial charge in [-0.1, -0.05) is 74.3 Å². The molecule has 3 aliphatic rings. The lowest BCUT2D eigenvalue weighted by Crippen LogP contribution is -2.32. The third-order valence-corrected chi connectivity index (χ3v) is 8.26. The lowest BCUT2D eigenvalue weighted by molar-refractivity contribution is -0.158. The van der Waals surface area contributed by atoms with Gasteiger partial charge in [-0.25, -0.2) is 0 Å². The van der Waals surface area contributed by atoms with Gasteiger partial charge in [0.25, 0.3) is 0 Å². The van der Waals surface area contributed by atoms with Crippen molar-refractivity contribution in [2.75, 3.05) is 7.11 Å². The Morgan fingerprint density at radius 1 is 0.906 bits per heavy atom. The van der Waals surface area contributed by atoms with Crippen LogP contribution < -0.4 is 0 Å². The number of benzene rings is 3. The van der Waals surface area contributed by atoms with Crippen molar-refractivity contribution in [1.29, 1.82) is 0 Å². The Hall–Kier alpha value is -2.44. The lowest BCUT2D eigenvalue weighted by atomic mass is 9.75. The number of esters is 2. The van der Waals surface area contributed by atoms with Crippen molar-refractivity contribution in [1.82, 2.24) is 0 Å². The molecule has 0 aromatic heterocycles. The fourth-order valence-electron chi connectivity index (χ4n) is 6.20. The van der Waals surface area contributed by atoms with Crippen LogP contribution in [-0.2, 0) is 24.7 Å². The summed E-state index contributed by atoms with van der Waals surface area (Å²) in [6.07, 6.45) is 0. The monoisotopic (exact) mass is 552 g/mol. The Kier molecular flexibility index (Phi) is 4.43. The quantitative estimate of drug-likeness (QED) is 0.298. The van der Waals surface area contributed by atoms with Crippen molar-refractivity contribution in [3.63, 3.8) is 0 Å². The predicted molar refractivity (Wildman–Crippen MR) is 125 cm³/mol. The van der Waals surface area contributed by atoms with Crippen LogP contribution in [0.3, 0.4) is 0 Å². The van der Waals surface area contributed by atoms with Gasteiger partial charge in [0.1, 0.15) is 0 Å². The van der Waals surface area contributed by atoms with Crippen LogP contribution in [-0.4, -0.2) is 19.0 Å². The van der Waals surface area contributed by atoms with Crippen LogP contribution >= 0.6 is 31.9 Å². The number of fused-ring (bicyclic) bond motifs is 4. The molecule has 4 nitrogen and oxygen atoms in total. The van der Waals surface area contributed by atoms with Crippen LogP contribution in [0, 0.1) is 5.92 Å². The minimum absolute atomic E-state index is 0.00609. The number of hydrogen-bond acceptors (Lipinski definition) is 4. The van der Waals surface area contributed by atoms with E-state index in [0.717, 1.165) is 36.8 Å². The standard InChI is InChI=1S/C26H18Br2O4/c1-31-24(29)21-23-18-12-15(28)10-11-16(18)22-20(13-6-8-14(27)9-7-13)17-4-2-3-5-19(17)26(22,23)32-25(21)30/h2-12,20-23H,1H3/t20-,21-,22+,23+,26?/m0/s1. The maximum Gasteiger partial charge on any atom is 0.322 e. The molecule has 1 aliphatic heterocycles. The van der Waals surface area contributed by atoms with Crippen molar-refractivity contribution < 1.29 is 19.1 Å². The van der Waals surface area contributed by atoms with E-state index in [-0.39, 0.29) is 11.8 Å². The van der Waals surface area contributed by atoms with Crippen LogP contribution in [0.1, 0.15) is 45.6 Å². The minimum Gasteiger partial charge on any atom is -0.468 e. The van der Waals surface area contributed by atoms with Crippen LogP contribution in [0.25, 0.3) is 0 Å². The molecule has 3 aromatic carbocycles. The van der Waals surface area contributed by atoms with Gasteiger partial charge in [0, 0.05) is 26.3 Å². The maximum absolute atomic E-state index is 13.2. The molecule has 0 radical (unpaired) electrons. The van der Waals surface area contributed by atoms with Crippen molar-refractivity contribution >= 4 is 43.8 Å². The molecular weight excluding hydrogens is 536 g/mol. The minimum atomic E-state index is -0.991. The molecule has 0 N–H and O–H groups in total. The number of carbonyl (C=O) groups excluding carboxylic acids is 2. The van der Waals surface area contributed by atoms with E-state index in [1.807, 2.05) is 42.5 Å². The van der Waals surface area contributed by atoms with E-state index in [0.29, 0.717) is 0 Å². The molecule has 1 unspecified atom stereocenters. The van der Waals surface area contributed by atoms with Gasteiger partial charge in [-0.2, -0.15) is 0 Å². The zero-order chi connectivity index (χ0) is 22.2. The van der Waals surface area contributed by atoms with Crippen molar-refractivity contribution in [2.45, 2.75) is 23.4 Å². The first-order valence-electron chi connectivity index (χ1n) is 10.4. The first-order chi connectivity index (χ1) is 15.5.